The van der Waals surface area contributed by atoms with Gasteiger partial charge in [0.25, 0.3) is 0 Å². The Kier molecular flexibility index (Phi) is 4.01. The lowest BCUT2D eigenvalue weighted by Crippen LogP contribution is -2.11. The molecule has 1 aromatic carbocycles. The highest BCUT2D eigenvalue weighted by Crippen LogP contribution is 2.32. The monoisotopic (exact) mass is 261 g/mol. The highest BCUT2D eigenvalue weighted by Gasteiger charge is 2.25. The molecular formula is C10H9ClFNO4. The SMILES string of the molecule is CCC(C(=O)O)c1cc(F)c([N+](=O)[O-])cc1Cl. The predicted octanol–water partition coefficient (Wildman–Crippen LogP) is 2.97. The fraction of sp³-hybridized carbons (Fsp3) is 0.300. The van der Waals surface area contributed by atoms with Crippen molar-refractivity contribution in [1.29, 1.82) is 0 Å². The number of rotatable bonds is 4. The van der Waals surface area contributed by atoms with Gasteiger partial charge in [0.1, 0.15) is 0 Å². The Hall–Kier alpha value is -1.69. The number of benzene rings is 1. The van der Waals surface area contributed by atoms with Crippen LogP contribution in [0.3, 0.4) is 0 Å². The lowest BCUT2D eigenvalue weighted by molar-refractivity contribution is -0.387. The van der Waals surface area contributed by atoms with Crippen LogP contribution in [0.4, 0.5) is 10.1 Å². The highest BCUT2D eigenvalue weighted by atomic mass is 35.5. The van der Waals surface area contributed by atoms with E-state index in [-0.39, 0.29) is 17.0 Å². The van der Waals surface area contributed by atoms with Crippen molar-refractivity contribution in [1.82, 2.24) is 0 Å². The molecule has 0 saturated heterocycles. The number of carboxylic acids is 1. The maximum absolute atomic E-state index is 13.3. The van der Waals surface area contributed by atoms with E-state index in [1.807, 2.05) is 0 Å². The molecule has 0 aliphatic carbocycles. The van der Waals surface area contributed by atoms with E-state index >= 15 is 0 Å². The van der Waals surface area contributed by atoms with Crippen LogP contribution in [0.5, 0.6) is 0 Å². The van der Waals surface area contributed by atoms with Crippen LogP contribution in [-0.2, 0) is 4.79 Å². The number of carbonyl (C=O) groups is 1. The third-order valence-corrected chi connectivity index (χ3v) is 2.67. The molecule has 0 bridgehead atoms. The van der Waals surface area contributed by atoms with Crippen LogP contribution >= 0.6 is 11.6 Å². The zero-order valence-corrected chi connectivity index (χ0v) is 9.57. The van der Waals surface area contributed by atoms with Crippen LogP contribution in [0.15, 0.2) is 12.1 Å². The molecule has 0 aliphatic rings. The van der Waals surface area contributed by atoms with Gasteiger partial charge < -0.3 is 5.11 Å². The first-order chi connectivity index (χ1) is 7.88. The first-order valence-electron chi connectivity index (χ1n) is 4.74. The number of halogens is 2. The summed E-state index contributed by atoms with van der Waals surface area (Å²) >= 11 is 5.73. The molecule has 0 fully saturated rings. The molecule has 7 heteroatoms. The van der Waals surface area contributed by atoms with E-state index in [0.717, 1.165) is 12.1 Å². The van der Waals surface area contributed by atoms with Crippen LogP contribution < -0.4 is 0 Å². The van der Waals surface area contributed by atoms with Crippen LogP contribution in [0, 0.1) is 15.9 Å². The minimum absolute atomic E-state index is 0.0461. The van der Waals surface area contributed by atoms with Gasteiger partial charge in [0.2, 0.25) is 5.82 Å². The number of nitrogens with zero attached hydrogens (tertiary/aromatic N) is 1. The first kappa shape index (κ1) is 13.4. The largest absolute Gasteiger partial charge is 0.481 e. The fourth-order valence-corrected chi connectivity index (χ4v) is 1.78. The summed E-state index contributed by atoms with van der Waals surface area (Å²) < 4.78 is 13.3. The van der Waals surface area contributed by atoms with Gasteiger partial charge in [-0.2, -0.15) is 4.39 Å². The van der Waals surface area contributed by atoms with Crippen LogP contribution in [0.25, 0.3) is 0 Å². The molecule has 0 radical (unpaired) electrons. The summed E-state index contributed by atoms with van der Waals surface area (Å²) in [5.74, 6) is -3.21. The molecule has 0 saturated carbocycles. The van der Waals surface area contributed by atoms with Gasteiger partial charge in [0.15, 0.2) is 0 Å². The van der Waals surface area contributed by atoms with Crippen molar-refractivity contribution in [2.45, 2.75) is 19.3 Å². The Labute approximate surface area is 101 Å². The van der Waals surface area contributed by atoms with E-state index < -0.39 is 28.3 Å². The van der Waals surface area contributed by atoms with Gasteiger partial charge >= 0.3 is 11.7 Å². The first-order valence-corrected chi connectivity index (χ1v) is 5.12. The van der Waals surface area contributed by atoms with Crippen LogP contribution in [0.1, 0.15) is 24.8 Å². The van der Waals surface area contributed by atoms with Gasteiger partial charge in [-0.1, -0.05) is 18.5 Å². The summed E-state index contributed by atoms with van der Waals surface area (Å²) in [6.45, 7) is 1.61. The average molecular weight is 262 g/mol. The van der Waals surface area contributed by atoms with E-state index in [4.69, 9.17) is 16.7 Å². The van der Waals surface area contributed by atoms with E-state index in [1.54, 1.807) is 6.92 Å². The van der Waals surface area contributed by atoms with Crippen molar-refractivity contribution in [3.05, 3.63) is 38.7 Å². The Bertz CT molecular complexity index is 478. The summed E-state index contributed by atoms with van der Waals surface area (Å²) in [6.07, 6.45) is 0.215. The quantitative estimate of drug-likeness (QED) is 0.667. The van der Waals surface area contributed by atoms with E-state index in [9.17, 15) is 19.3 Å². The maximum atomic E-state index is 13.3. The summed E-state index contributed by atoms with van der Waals surface area (Å²) in [4.78, 5) is 20.4. The lowest BCUT2D eigenvalue weighted by atomic mass is 9.96. The van der Waals surface area contributed by atoms with Gasteiger partial charge in [-0.05, 0) is 18.1 Å². The van der Waals surface area contributed by atoms with Crippen molar-refractivity contribution < 1.29 is 19.2 Å². The Morgan fingerprint density at radius 2 is 2.24 bits per heavy atom. The number of aliphatic carboxylic acids is 1. The smallest absolute Gasteiger partial charge is 0.311 e. The molecule has 5 nitrogen and oxygen atoms in total. The Balaban J connectivity index is 3.33. The molecular weight excluding hydrogens is 253 g/mol. The van der Waals surface area contributed by atoms with Gasteiger partial charge in [0, 0.05) is 6.07 Å². The molecule has 92 valence electrons. The molecule has 0 aliphatic heterocycles. The van der Waals surface area contributed by atoms with Crippen LogP contribution in [-0.4, -0.2) is 16.0 Å². The molecule has 1 unspecified atom stereocenters. The fourth-order valence-electron chi connectivity index (χ4n) is 1.49. The summed E-state index contributed by atoms with van der Waals surface area (Å²) in [5, 5.41) is 19.2. The summed E-state index contributed by atoms with van der Waals surface area (Å²) in [5.41, 5.74) is -0.719. The van der Waals surface area contributed by atoms with E-state index in [2.05, 4.69) is 0 Å². The van der Waals surface area contributed by atoms with Crippen LogP contribution in [0.2, 0.25) is 5.02 Å². The standard InChI is InChI=1S/C10H9ClFNO4/c1-2-5(10(14)15)6-3-8(12)9(13(16)17)4-7(6)11/h3-5H,2H2,1H3,(H,14,15). The van der Waals surface area contributed by atoms with Crippen molar-refractivity contribution in [3.63, 3.8) is 0 Å². The zero-order valence-electron chi connectivity index (χ0n) is 8.81. The second-order valence-corrected chi connectivity index (χ2v) is 3.79. The molecule has 0 spiro atoms. The van der Waals surface area contributed by atoms with Gasteiger partial charge in [-0.3, -0.25) is 14.9 Å². The maximum Gasteiger partial charge on any atom is 0.311 e. The average Bonchev–Trinajstić information content (AvgIpc) is 2.22. The Morgan fingerprint density at radius 1 is 1.65 bits per heavy atom. The molecule has 0 aromatic heterocycles. The highest BCUT2D eigenvalue weighted by molar-refractivity contribution is 6.31. The number of hydrogen-bond donors (Lipinski definition) is 1. The number of carboxylic acid groups (broad SMARTS) is 1. The molecule has 17 heavy (non-hydrogen) atoms. The Morgan fingerprint density at radius 3 is 2.65 bits per heavy atom. The molecule has 1 atom stereocenters. The van der Waals surface area contributed by atoms with E-state index in [0.29, 0.717) is 0 Å². The minimum Gasteiger partial charge on any atom is -0.481 e. The predicted molar refractivity (Wildman–Crippen MR) is 58.7 cm³/mol. The lowest BCUT2D eigenvalue weighted by Gasteiger charge is -2.12. The van der Waals surface area contributed by atoms with Gasteiger partial charge in [0.05, 0.1) is 15.9 Å². The minimum atomic E-state index is -1.15. The third kappa shape index (κ3) is 2.71. The topological polar surface area (TPSA) is 80.4 Å². The number of nitro benzene ring substituents is 1. The van der Waals surface area contributed by atoms with Gasteiger partial charge in [-0.25, -0.2) is 0 Å². The van der Waals surface area contributed by atoms with Crippen molar-refractivity contribution in [2.24, 2.45) is 0 Å². The van der Waals surface area contributed by atoms with E-state index in [1.165, 1.54) is 0 Å². The van der Waals surface area contributed by atoms with Crippen molar-refractivity contribution in [3.8, 4) is 0 Å². The van der Waals surface area contributed by atoms with Gasteiger partial charge in [-0.15, -0.1) is 0 Å². The second-order valence-electron chi connectivity index (χ2n) is 3.38. The molecule has 1 N–H and O–H groups in total. The third-order valence-electron chi connectivity index (χ3n) is 2.34. The summed E-state index contributed by atoms with van der Waals surface area (Å²) in [6, 6.07) is 1.64. The van der Waals surface area contributed by atoms with Crippen molar-refractivity contribution in [2.75, 3.05) is 0 Å². The summed E-state index contributed by atoms with van der Waals surface area (Å²) in [7, 11) is 0. The number of hydrogen-bond acceptors (Lipinski definition) is 3. The van der Waals surface area contributed by atoms with Crippen molar-refractivity contribution >= 4 is 23.3 Å². The second kappa shape index (κ2) is 5.09. The molecule has 0 amide bonds. The normalized spacial score (nSPS) is 12.2. The number of nitro groups is 1. The molecule has 1 rings (SSSR count). The zero-order chi connectivity index (χ0) is 13.2. The molecule has 1 aromatic rings. The molecule has 0 heterocycles.